The third kappa shape index (κ3) is 3.95. The first-order valence-corrected chi connectivity index (χ1v) is 10.9. The number of fused-ring (bicyclic) bond motifs is 1. The van der Waals surface area contributed by atoms with E-state index in [-0.39, 0.29) is 17.4 Å². The summed E-state index contributed by atoms with van der Waals surface area (Å²) in [5.74, 6) is -0.416. The average Bonchev–Trinajstić information content (AvgIpc) is 3.21. The Kier molecular flexibility index (Phi) is 5.02. The molecule has 1 aliphatic rings. The maximum atomic E-state index is 13.6. The van der Waals surface area contributed by atoms with E-state index in [2.05, 4.69) is 25.6 Å². The number of amides is 1. The zero-order valence-electron chi connectivity index (χ0n) is 15.0. The van der Waals surface area contributed by atoms with Crippen LogP contribution in [0.2, 0.25) is 0 Å². The molecule has 29 heavy (non-hydrogen) atoms. The summed E-state index contributed by atoms with van der Waals surface area (Å²) in [7, 11) is -0.455. The molecule has 0 radical (unpaired) electrons. The maximum Gasteiger partial charge on any atom is 0.420 e. The van der Waals surface area contributed by atoms with E-state index < -0.39 is 28.1 Å². The average molecular weight is 488 g/mol. The molecule has 0 spiro atoms. The highest BCUT2D eigenvalue weighted by molar-refractivity contribution is 9.10. The topological polar surface area (TPSA) is 62.8 Å². The Balaban J connectivity index is 1.70. The molecule has 11 heteroatoms. The number of carbonyl (C=O) groups is 1. The second kappa shape index (κ2) is 7.24. The van der Waals surface area contributed by atoms with E-state index >= 15 is 0 Å². The standard InChI is InChI=1S/C18H15BrF3N4O2S/c1-29(2)24-12-6-26(7-12)17(27)14-8-25-5-10(11-4-15(19)28-9-11)3-13(16(25)23-14)18(20,21)22/h1,3-5,8-9,12,24H,6-7H2,2H3/q-1. The van der Waals surface area contributed by atoms with Gasteiger partial charge in [0.25, 0.3) is 5.91 Å². The van der Waals surface area contributed by atoms with E-state index in [0.29, 0.717) is 28.9 Å². The lowest BCUT2D eigenvalue weighted by atomic mass is 10.1. The molecule has 1 N–H and O–H groups in total. The summed E-state index contributed by atoms with van der Waals surface area (Å²) in [5.41, 5.74) is 5.17. The number of carbonyl (C=O) groups excluding carboxylic acids is 1. The Morgan fingerprint density at radius 1 is 1.34 bits per heavy atom. The first-order chi connectivity index (χ1) is 13.6. The van der Waals surface area contributed by atoms with Crippen LogP contribution in [-0.2, 0) is 16.7 Å². The van der Waals surface area contributed by atoms with Crippen molar-refractivity contribution >= 4 is 38.0 Å². The van der Waals surface area contributed by atoms with Crippen molar-refractivity contribution in [3.8, 4) is 16.8 Å². The first kappa shape index (κ1) is 20.1. The van der Waals surface area contributed by atoms with E-state index in [1.807, 2.05) is 6.26 Å². The number of imidazole rings is 1. The SMILES string of the molecule is C#[S-](C)NC1CN(C(=O)c2cn3cc(-c4coc(Br)c4)cc(C(F)(F)F)c3n2)C1. The van der Waals surface area contributed by atoms with Crippen molar-refractivity contribution in [3.05, 3.63) is 46.7 Å². The van der Waals surface area contributed by atoms with Crippen molar-refractivity contribution in [1.82, 2.24) is 19.0 Å². The molecule has 4 heterocycles. The summed E-state index contributed by atoms with van der Waals surface area (Å²) in [6.45, 7) is 0.864. The molecule has 0 aromatic carbocycles. The quantitative estimate of drug-likeness (QED) is 0.574. The lowest BCUT2D eigenvalue weighted by molar-refractivity contribution is -0.136. The highest BCUT2D eigenvalue weighted by Gasteiger charge is 2.36. The molecule has 4 rings (SSSR count). The Bertz CT molecular complexity index is 1170. The number of furan rings is 1. The smallest absolute Gasteiger partial charge is 0.420 e. The molecule has 1 aliphatic heterocycles. The predicted octanol–water partition coefficient (Wildman–Crippen LogP) is 3.54. The van der Waals surface area contributed by atoms with Crippen LogP contribution in [0.15, 0.2) is 39.9 Å². The van der Waals surface area contributed by atoms with Crippen LogP contribution >= 0.6 is 15.9 Å². The van der Waals surface area contributed by atoms with Crippen molar-refractivity contribution in [2.24, 2.45) is 0 Å². The van der Waals surface area contributed by atoms with Gasteiger partial charge in [0.1, 0.15) is 11.3 Å². The van der Waals surface area contributed by atoms with Crippen LogP contribution in [-0.4, -0.2) is 45.6 Å². The third-order valence-corrected chi connectivity index (χ3v) is 5.62. The van der Waals surface area contributed by atoms with Gasteiger partial charge in [-0.1, -0.05) is 0 Å². The number of halogens is 4. The molecule has 1 saturated heterocycles. The van der Waals surface area contributed by atoms with Crippen molar-refractivity contribution in [1.29, 1.82) is 0 Å². The van der Waals surface area contributed by atoms with Gasteiger partial charge >= 0.3 is 6.18 Å². The molecule has 3 aromatic heterocycles. The molecule has 0 atom stereocenters. The molecule has 0 saturated carbocycles. The van der Waals surface area contributed by atoms with Gasteiger partial charge in [-0.25, -0.2) is 4.98 Å². The minimum Gasteiger partial charge on any atom is -0.457 e. The van der Waals surface area contributed by atoms with E-state index in [1.54, 1.807) is 6.07 Å². The van der Waals surface area contributed by atoms with Crippen LogP contribution in [0, 0.1) is 5.69 Å². The highest BCUT2D eigenvalue weighted by atomic mass is 79.9. The van der Waals surface area contributed by atoms with Gasteiger partial charge in [-0.15, -0.1) is 6.26 Å². The molecule has 3 aromatic rings. The predicted molar refractivity (Wildman–Crippen MR) is 107 cm³/mol. The number of hydrogen-bond acceptors (Lipinski definition) is 5. The lowest BCUT2D eigenvalue weighted by Gasteiger charge is -2.42. The molecule has 6 nitrogen and oxygen atoms in total. The van der Waals surface area contributed by atoms with Crippen LogP contribution in [0.3, 0.4) is 0 Å². The Hall–Kier alpha value is -2.20. The maximum absolute atomic E-state index is 13.6. The zero-order chi connectivity index (χ0) is 20.9. The van der Waals surface area contributed by atoms with E-state index in [9.17, 15) is 18.0 Å². The molecule has 1 amide bonds. The van der Waals surface area contributed by atoms with Gasteiger partial charge in [-0.05, 0) is 28.1 Å². The van der Waals surface area contributed by atoms with E-state index in [0.717, 1.165) is 6.07 Å². The largest absolute Gasteiger partial charge is 0.457 e. The van der Waals surface area contributed by atoms with Crippen LogP contribution in [0.5, 0.6) is 0 Å². The van der Waals surface area contributed by atoms with Gasteiger partial charge in [-0.3, -0.25) is 4.79 Å². The summed E-state index contributed by atoms with van der Waals surface area (Å²) in [6.07, 6.45) is 1.35. The molecule has 0 unspecified atom stereocenters. The summed E-state index contributed by atoms with van der Waals surface area (Å²) in [5, 5.41) is 0. The zero-order valence-corrected chi connectivity index (χ0v) is 17.4. The minimum atomic E-state index is -4.63. The number of alkyl halides is 3. The van der Waals surface area contributed by atoms with Crippen molar-refractivity contribution in [2.75, 3.05) is 19.3 Å². The molecule has 1 fully saturated rings. The number of likely N-dealkylation sites (tertiary alicyclic amines) is 1. The number of pyridine rings is 1. The van der Waals surface area contributed by atoms with Crippen LogP contribution in [0.1, 0.15) is 16.1 Å². The van der Waals surface area contributed by atoms with Crippen molar-refractivity contribution < 1.29 is 22.4 Å². The van der Waals surface area contributed by atoms with Gasteiger partial charge in [-0.2, -0.15) is 13.2 Å². The Morgan fingerprint density at radius 2 is 2.07 bits per heavy atom. The monoisotopic (exact) mass is 487 g/mol. The summed E-state index contributed by atoms with van der Waals surface area (Å²) < 4.78 is 50.8. The fourth-order valence-corrected chi connectivity index (χ4v) is 4.19. The fraction of sp³-hybridized carbons (Fsp3) is 0.278. The third-order valence-electron chi connectivity index (χ3n) is 4.50. The van der Waals surface area contributed by atoms with Crippen molar-refractivity contribution in [2.45, 2.75) is 12.2 Å². The van der Waals surface area contributed by atoms with E-state index in [4.69, 9.17) is 10.1 Å². The lowest BCUT2D eigenvalue weighted by Crippen LogP contribution is -2.59. The van der Waals surface area contributed by atoms with Gasteiger partial charge in [0, 0.05) is 42.7 Å². The van der Waals surface area contributed by atoms with Gasteiger partial charge in [0.2, 0.25) is 0 Å². The van der Waals surface area contributed by atoms with Crippen LogP contribution < -0.4 is 4.72 Å². The second-order valence-corrected chi connectivity index (χ2v) is 8.85. The first-order valence-electron chi connectivity index (χ1n) is 8.42. The molecular formula is C18H15BrF3N4O2S-. The van der Waals surface area contributed by atoms with E-state index in [1.165, 1.54) is 28.0 Å². The molecule has 0 aliphatic carbocycles. The minimum absolute atomic E-state index is 0.0391. The number of nitrogens with one attached hydrogen (secondary N) is 1. The molecule has 154 valence electrons. The van der Waals surface area contributed by atoms with Gasteiger partial charge in [0.05, 0.1) is 11.8 Å². The summed E-state index contributed by atoms with van der Waals surface area (Å²) in [4.78, 5) is 18.1. The molecular weight excluding hydrogens is 473 g/mol. The van der Waals surface area contributed by atoms with Gasteiger partial charge in [0.15, 0.2) is 4.67 Å². The second-order valence-electron chi connectivity index (χ2n) is 6.72. The summed E-state index contributed by atoms with van der Waals surface area (Å²) >= 11 is 3.14. The normalized spacial score (nSPS) is 15.3. The number of hydrogen-bond donors (Lipinski definition) is 1. The fourth-order valence-electron chi connectivity index (χ4n) is 3.17. The number of nitrogens with zero attached hydrogens (tertiary/aromatic N) is 3. The van der Waals surface area contributed by atoms with Crippen LogP contribution in [0.25, 0.3) is 16.8 Å². The van der Waals surface area contributed by atoms with Gasteiger partial charge < -0.3 is 34.6 Å². The summed E-state index contributed by atoms with van der Waals surface area (Å²) in [6, 6.07) is 2.64. The Labute approximate surface area is 174 Å². The van der Waals surface area contributed by atoms with Crippen LogP contribution in [0.4, 0.5) is 13.2 Å². The Morgan fingerprint density at radius 3 is 2.66 bits per heavy atom. The number of rotatable bonds is 3. The molecule has 0 bridgehead atoms. The number of aromatic nitrogens is 2. The highest BCUT2D eigenvalue weighted by Crippen LogP contribution is 2.36. The van der Waals surface area contributed by atoms with Crippen molar-refractivity contribution in [3.63, 3.8) is 0 Å².